The van der Waals surface area contributed by atoms with Gasteiger partial charge in [0, 0.05) is 23.0 Å². The molecular formula is C9H12ClNO3S. The second-order valence-corrected chi connectivity index (χ2v) is 5.22. The largest absolute Gasteiger partial charge is 0.480 e. The van der Waals surface area contributed by atoms with Crippen LogP contribution < -0.4 is 0 Å². The number of hydrogen-bond donors (Lipinski definition) is 2. The summed E-state index contributed by atoms with van der Waals surface area (Å²) in [6.07, 6.45) is 0.393. The van der Waals surface area contributed by atoms with Crippen molar-refractivity contribution >= 4 is 36.1 Å². The highest BCUT2D eigenvalue weighted by atomic mass is 35.5. The van der Waals surface area contributed by atoms with E-state index in [1.165, 1.54) is 4.90 Å². The van der Waals surface area contributed by atoms with E-state index in [1.807, 2.05) is 0 Å². The smallest absolute Gasteiger partial charge is 0.327 e. The van der Waals surface area contributed by atoms with Crippen molar-refractivity contribution < 1.29 is 14.7 Å². The number of carboxylic acids is 1. The van der Waals surface area contributed by atoms with Crippen LogP contribution in [0.25, 0.3) is 0 Å². The average molecular weight is 250 g/mol. The van der Waals surface area contributed by atoms with Crippen molar-refractivity contribution in [2.75, 3.05) is 5.88 Å². The molecule has 15 heavy (non-hydrogen) atoms. The van der Waals surface area contributed by atoms with E-state index in [0.717, 1.165) is 0 Å². The zero-order valence-electron chi connectivity index (χ0n) is 8.18. The van der Waals surface area contributed by atoms with Crippen LogP contribution in [0.3, 0.4) is 0 Å². The van der Waals surface area contributed by atoms with Crippen LogP contribution in [0, 0.1) is 5.41 Å². The highest BCUT2D eigenvalue weighted by Gasteiger charge is 2.64. The Balaban J connectivity index is 2.39. The van der Waals surface area contributed by atoms with Gasteiger partial charge in [-0.1, -0.05) is 6.92 Å². The van der Waals surface area contributed by atoms with Gasteiger partial charge in [-0.3, -0.25) is 4.79 Å². The minimum atomic E-state index is -0.993. The minimum Gasteiger partial charge on any atom is -0.480 e. The molecule has 2 heterocycles. The van der Waals surface area contributed by atoms with Gasteiger partial charge in [0.15, 0.2) is 0 Å². The molecule has 0 aliphatic carbocycles. The van der Waals surface area contributed by atoms with E-state index in [9.17, 15) is 9.59 Å². The number of thiol groups is 1. The third-order valence-electron chi connectivity index (χ3n) is 3.49. The number of rotatable bonds is 2. The maximum absolute atomic E-state index is 11.4. The summed E-state index contributed by atoms with van der Waals surface area (Å²) >= 11 is 10.3. The number of β-lactam (4-membered cyclic amide) rings is 1. The molecule has 4 atom stereocenters. The van der Waals surface area contributed by atoms with Gasteiger partial charge in [-0.15, -0.1) is 11.6 Å². The van der Waals surface area contributed by atoms with Crippen molar-refractivity contribution in [3.05, 3.63) is 0 Å². The molecule has 0 bridgehead atoms. The van der Waals surface area contributed by atoms with Gasteiger partial charge in [-0.25, -0.2) is 4.79 Å². The number of amides is 1. The number of nitrogens with zero attached hydrogens (tertiary/aromatic N) is 1. The zero-order chi connectivity index (χ0) is 11.4. The van der Waals surface area contributed by atoms with Crippen LogP contribution in [0.15, 0.2) is 0 Å². The molecule has 0 saturated carbocycles. The number of carboxylic acid groups (broad SMARTS) is 1. The summed E-state index contributed by atoms with van der Waals surface area (Å²) in [6, 6.07) is -0.894. The Morgan fingerprint density at radius 3 is 2.80 bits per heavy atom. The number of carbonyl (C=O) groups excluding carboxylic acids is 1. The van der Waals surface area contributed by atoms with Crippen LogP contribution in [0.5, 0.6) is 0 Å². The minimum absolute atomic E-state index is 0.0642. The van der Waals surface area contributed by atoms with Gasteiger partial charge in [-0.2, -0.15) is 12.6 Å². The Bertz CT molecular complexity index is 337. The van der Waals surface area contributed by atoms with Crippen LogP contribution >= 0.6 is 24.2 Å². The average Bonchev–Trinajstić information content (AvgIpc) is 2.36. The maximum atomic E-state index is 11.4. The Morgan fingerprint density at radius 2 is 2.40 bits per heavy atom. The molecule has 0 radical (unpaired) electrons. The second kappa shape index (κ2) is 3.28. The summed E-state index contributed by atoms with van der Waals surface area (Å²) in [5, 5.41) is 8.99. The van der Waals surface area contributed by atoms with Gasteiger partial charge in [0.25, 0.3) is 0 Å². The fourth-order valence-corrected chi connectivity index (χ4v) is 3.43. The molecule has 1 N–H and O–H groups in total. The Labute approximate surface area is 98.0 Å². The molecule has 0 spiro atoms. The standard InChI is InChI=1S/C9H12ClNO3S/c1-9(3-10)6(8(13)14)11-4(7(9)15)2-5(11)12/h4,6-7,15H,2-3H2,1H3,(H,13,14)/t4-,6?,7+,9-/m0/s1. The number of hydrogen-bond acceptors (Lipinski definition) is 3. The second-order valence-electron chi connectivity index (χ2n) is 4.40. The Hall–Kier alpha value is -0.420. The SMILES string of the molecule is C[C@]1(CCl)C(C(=O)O)N2C(=O)C[C@H]2[C@H]1S. The van der Waals surface area contributed by atoms with Gasteiger partial charge < -0.3 is 10.0 Å². The monoisotopic (exact) mass is 249 g/mol. The van der Waals surface area contributed by atoms with Crippen molar-refractivity contribution in [1.82, 2.24) is 4.90 Å². The molecule has 2 aliphatic rings. The first-order chi connectivity index (χ1) is 6.93. The molecule has 2 saturated heterocycles. The molecule has 4 nitrogen and oxygen atoms in total. The normalized spacial score (nSPS) is 43.8. The van der Waals surface area contributed by atoms with Crippen LogP contribution in [-0.2, 0) is 9.59 Å². The molecule has 84 valence electrons. The van der Waals surface area contributed by atoms with Gasteiger partial charge in [0.1, 0.15) is 6.04 Å². The van der Waals surface area contributed by atoms with Crippen molar-refractivity contribution in [3.63, 3.8) is 0 Å². The van der Waals surface area contributed by atoms with Crippen molar-refractivity contribution in [3.8, 4) is 0 Å². The Kier molecular flexibility index (Phi) is 2.43. The van der Waals surface area contributed by atoms with Crippen LogP contribution in [-0.4, -0.2) is 45.1 Å². The molecule has 6 heteroatoms. The lowest BCUT2D eigenvalue weighted by atomic mass is 9.83. The molecule has 1 unspecified atom stereocenters. The topological polar surface area (TPSA) is 57.6 Å². The van der Waals surface area contributed by atoms with E-state index in [0.29, 0.717) is 6.42 Å². The lowest BCUT2D eigenvalue weighted by molar-refractivity contribution is -0.158. The summed E-state index contributed by atoms with van der Waals surface area (Å²) < 4.78 is 0. The van der Waals surface area contributed by atoms with Crippen molar-refractivity contribution in [1.29, 1.82) is 0 Å². The van der Waals surface area contributed by atoms with Crippen molar-refractivity contribution in [2.24, 2.45) is 5.41 Å². The first-order valence-electron chi connectivity index (χ1n) is 4.71. The van der Waals surface area contributed by atoms with Crippen LogP contribution in [0.2, 0.25) is 0 Å². The molecule has 2 fully saturated rings. The van der Waals surface area contributed by atoms with Crippen LogP contribution in [0.4, 0.5) is 0 Å². The van der Waals surface area contributed by atoms with Gasteiger partial charge >= 0.3 is 5.97 Å². The van der Waals surface area contributed by atoms with E-state index in [2.05, 4.69) is 12.6 Å². The first kappa shape index (κ1) is 11.1. The summed E-state index contributed by atoms with van der Waals surface area (Å²) in [5.74, 6) is -0.911. The lowest BCUT2D eigenvalue weighted by Gasteiger charge is -2.38. The molecule has 0 aromatic heterocycles. The predicted molar refractivity (Wildman–Crippen MR) is 58.3 cm³/mol. The number of fused-ring (bicyclic) bond motifs is 1. The van der Waals surface area contributed by atoms with E-state index < -0.39 is 17.4 Å². The van der Waals surface area contributed by atoms with Crippen molar-refractivity contribution in [2.45, 2.75) is 30.7 Å². The molecule has 2 aliphatic heterocycles. The molecular weight excluding hydrogens is 238 g/mol. The number of halogens is 1. The van der Waals surface area contributed by atoms with Gasteiger partial charge in [0.05, 0.1) is 6.04 Å². The van der Waals surface area contributed by atoms with E-state index >= 15 is 0 Å². The van der Waals surface area contributed by atoms with Gasteiger partial charge in [-0.05, 0) is 0 Å². The fourth-order valence-electron chi connectivity index (χ4n) is 2.53. The highest BCUT2D eigenvalue weighted by molar-refractivity contribution is 7.81. The molecule has 2 rings (SSSR count). The molecule has 0 aromatic carbocycles. The predicted octanol–water partition coefficient (Wildman–Crippen LogP) is 0.598. The lowest BCUT2D eigenvalue weighted by Crippen LogP contribution is -2.56. The number of carbonyl (C=O) groups is 2. The van der Waals surface area contributed by atoms with Crippen LogP contribution in [0.1, 0.15) is 13.3 Å². The molecule has 0 aromatic rings. The summed E-state index contributed by atoms with van der Waals surface area (Å²) in [4.78, 5) is 24.0. The summed E-state index contributed by atoms with van der Waals surface area (Å²) in [5.41, 5.74) is -0.646. The van der Waals surface area contributed by atoms with Gasteiger partial charge in [0.2, 0.25) is 5.91 Å². The number of aliphatic carboxylic acids is 1. The third-order valence-corrected chi connectivity index (χ3v) is 5.00. The third kappa shape index (κ3) is 1.22. The maximum Gasteiger partial charge on any atom is 0.327 e. The highest BCUT2D eigenvalue weighted by Crippen LogP contribution is 2.50. The van der Waals surface area contributed by atoms with E-state index in [4.69, 9.17) is 16.7 Å². The summed E-state index contributed by atoms with van der Waals surface area (Å²) in [6.45, 7) is 1.78. The quantitative estimate of drug-likeness (QED) is 0.428. The Morgan fingerprint density at radius 1 is 1.80 bits per heavy atom. The van der Waals surface area contributed by atoms with E-state index in [-0.39, 0.29) is 23.1 Å². The zero-order valence-corrected chi connectivity index (χ0v) is 9.83. The first-order valence-corrected chi connectivity index (χ1v) is 5.76. The number of alkyl halides is 1. The summed E-state index contributed by atoms with van der Waals surface area (Å²) in [7, 11) is 0. The molecule has 1 amide bonds. The fraction of sp³-hybridized carbons (Fsp3) is 0.778. The van der Waals surface area contributed by atoms with E-state index in [1.54, 1.807) is 6.92 Å².